The maximum atomic E-state index is 11.8. The Labute approximate surface area is 99.0 Å². The Balaban J connectivity index is 1.98. The Bertz CT molecular complexity index is 385. The van der Waals surface area contributed by atoms with Crippen LogP contribution >= 0.6 is 11.3 Å². The van der Waals surface area contributed by atoms with Crippen molar-refractivity contribution in [3.63, 3.8) is 0 Å². The van der Waals surface area contributed by atoms with E-state index in [1.54, 1.807) is 7.11 Å². The quantitative estimate of drug-likeness (QED) is 0.797. The lowest BCUT2D eigenvalue weighted by Gasteiger charge is -2.02. The molecule has 16 heavy (non-hydrogen) atoms. The summed E-state index contributed by atoms with van der Waals surface area (Å²) in [6.07, 6.45) is 2.44. The fourth-order valence-corrected chi connectivity index (χ4v) is 2.63. The second kappa shape index (κ2) is 4.93. The lowest BCUT2D eigenvalue weighted by atomic mass is 10.3. The number of aryl methyl sites for hydroxylation is 1. The fraction of sp³-hybridized carbons (Fsp3) is 0.636. The predicted molar refractivity (Wildman–Crippen MR) is 63.0 cm³/mol. The summed E-state index contributed by atoms with van der Waals surface area (Å²) in [5.41, 5.74) is 0.849. The van der Waals surface area contributed by atoms with E-state index < -0.39 is 0 Å². The van der Waals surface area contributed by atoms with Gasteiger partial charge < -0.3 is 10.1 Å². The van der Waals surface area contributed by atoms with Gasteiger partial charge in [-0.25, -0.2) is 4.98 Å². The minimum Gasteiger partial charge on any atom is -0.383 e. The summed E-state index contributed by atoms with van der Waals surface area (Å²) >= 11 is 1.53. The van der Waals surface area contributed by atoms with Crippen LogP contribution < -0.4 is 5.32 Å². The molecule has 1 amide bonds. The van der Waals surface area contributed by atoms with Gasteiger partial charge in [-0.05, 0) is 19.8 Å². The van der Waals surface area contributed by atoms with Crippen molar-refractivity contribution in [3.05, 3.63) is 15.6 Å². The first-order valence-corrected chi connectivity index (χ1v) is 6.28. The average Bonchev–Trinajstić information content (AvgIpc) is 3.03. The summed E-state index contributed by atoms with van der Waals surface area (Å²) in [5, 5.41) is 3.94. The van der Waals surface area contributed by atoms with Crippen LogP contribution in [-0.2, 0) is 4.74 Å². The van der Waals surface area contributed by atoms with Gasteiger partial charge >= 0.3 is 0 Å². The Morgan fingerprint density at radius 1 is 1.62 bits per heavy atom. The van der Waals surface area contributed by atoms with Crippen molar-refractivity contribution < 1.29 is 9.53 Å². The second-order valence-electron chi connectivity index (χ2n) is 3.99. The first-order valence-electron chi connectivity index (χ1n) is 5.47. The van der Waals surface area contributed by atoms with Crippen molar-refractivity contribution in [3.8, 4) is 0 Å². The zero-order chi connectivity index (χ0) is 11.5. The van der Waals surface area contributed by atoms with E-state index in [0.717, 1.165) is 15.6 Å². The molecule has 2 rings (SSSR count). The van der Waals surface area contributed by atoms with Crippen LogP contribution in [0.3, 0.4) is 0 Å². The van der Waals surface area contributed by atoms with Crippen LogP contribution in [0.25, 0.3) is 0 Å². The minimum atomic E-state index is -0.0287. The van der Waals surface area contributed by atoms with Crippen molar-refractivity contribution >= 4 is 17.2 Å². The fourth-order valence-electron chi connectivity index (χ4n) is 1.48. The van der Waals surface area contributed by atoms with Crippen LogP contribution in [-0.4, -0.2) is 31.2 Å². The second-order valence-corrected chi connectivity index (χ2v) is 5.02. The molecule has 1 aromatic heterocycles. The number of nitrogens with one attached hydrogen (secondary N) is 1. The maximum Gasteiger partial charge on any atom is 0.263 e. The molecule has 1 N–H and O–H groups in total. The number of ether oxygens (including phenoxy) is 1. The molecule has 0 bridgehead atoms. The topological polar surface area (TPSA) is 51.2 Å². The van der Waals surface area contributed by atoms with Gasteiger partial charge in [0.05, 0.1) is 17.3 Å². The Kier molecular flexibility index (Phi) is 3.56. The maximum absolute atomic E-state index is 11.8. The van der Waals surface area contributed by atoms with Crippen LogP contribution in [0.2, 0.25) is 0 Å². The van der Waals surface area contributed by atoms with E-state index in [1.165, 1.54) is 24.2 Å². The SMILES string of the molecule is COCCNC(=O)c1sc(C2CC2)nc1C. The van der Waals surface area contributed by atoms with E-state index in [2.05, 4.69) is 10.3 Å². The van der Waals surface area contributed by atoms with Crippen LogP contribution in [0.5, 0.6) is 0 Å². The van der Waals surface area contributed by atoms with E-state index in [1.807, 2.05) is 6.92 Å². The largest absolute Gasteiger partial charge is 0.383 e. The van der Waals surface area contributed by atoms with E-state index in [9.17, 15) is 4.79 Å². The summed E-state index contributed by atoms with van der Waals surface area (Å²) in [7, 11) is 1.62. The van der Waals surface area contributed by atoms with Crippen molar-refractivity contribution in [2.75, 3.05) is 20.3 Å². The van der Waals surface area contributed by atoms with Crippen molar-refractivity contribution in [2.45, 2.75) is 25.7 Å². The molecule has 1 aromatic rings. The van der Waals surface area contributed by atoms with E-state index >= 15 is 0 Å². The van der Waals surface area contributed by atoms with Gasteiger partial charge in [-0.15, -0.1) is 11.3 Å². The van der Waals surface area contributed by atoms with Crippen LogP contribution in [0.4, 0.5) is 0 Å². The highest BCUT2D eigenvalue weighted by molar-refractivity contribution is 7.13. The number of thiazole rings is 1. The highest BCUT2D eigenvalue weighted by Crippen LogP contribution is 2.42. The molecule has 0 unspecified atom stereocenters. The van der Waals surface area contributed by atoms with E-state index in [-0.39, 0.29) is 5.91 Å². The molecule has 0 radical (unpaired) electrons. The Morgan fingerprint density at radius 2 is 2.38 bits per heavy atom. The average molecular weight is 240 g/mol. The molecule has 0 saturated heterocycles. The summed E-state index contributed by atoms with van der Waals surface area (Å²) in [4.78, 5) is 17.0. The summed E-state index contributed by atoms with van der Waals surface area (Å²) in [5.74, 6) is 0.586. The van der Waals surface area contributed by atoms with Crippen molar-refractivity contribution in [1.82, 2.24) is 10.3 Å². The zero-order valence-electron chi connectivity index (χ0n) is 9.58. The summed E-state index contributed by atoms with van der Waals surface area (Å²) < 4.78 is 4.88. The highest BCUT2D eigenvalue weighted by Gasteiger charge is 2.28. The van der Waals surface area contributed by atoms with Crippen LogP contribution in [0, 0.1) is 6.92 Å². The number of hydrogen-bond donors (Lipinski definition) is 1. The summed E-state index contributed by atoms with van der Waals surface area (Å²) in [6.45, 7) is 2.98. The molecule has 0 spiro atoms. The van der Waals surface area contributed by atoms with E-state index in [0.29, 0.717) is 19.1 Å². The third kappa shape index (κ3) is 2.59. The number of carbonyl (C=O) groups is 1. The smallest absolute Gasteiger partial charge is 0.263 e. The first-order chi connectivity index (χ1) is 7.72. The Hall–Kier alpha value is -0.940. The lowest BCUT2D eigenvalue weighted by molar-refractivity contribution is 0.0940. The molecule has 5 heteroatoms. The van der Waals surface area contributed by atoms with Crippen LogP contribution in [0.1, 0.15) is 39.1 Å². The molecule has 1 heterocycles. The van der Waals surface area contributed by atoms with Gasteiger partial charge in [-0.1, -0.05) is 0 Å². The lowest BCUT2D eigenvalue weighted by Crippen LogP contribution is -2.26. The number of rotatable bonds is 5. The van der Waals surface area contributed by atoms with Gasteiger partial charge in [0.1, 0.15) is 4.88 Å². The van der Waals surface area contributed by atoms with Crippen LogP contribution in [0.15, 0.2) is 0 Å². The molecule has 1 fully saturated rings. The normalized spacial score (nSPS) is 15.1. The molecular weight excluding hydrogens is 224 g/mol. The third-order valence-electron chi connectivity index (χ3n) is 2.54. The number of hydrogen-bond acceptors (Lipinski definition) is 4. The molecule has 1 aliphatic rings. The molecule has 0 aromatic carbocycles. The van der Waals surface area contributed by atoms with Gasteiger partial charge in [0, 0.05) is 19.6 Å². The van der Waals surface area contributed by atoms with Gasteiger partial charge in [-0.2, -0.15) is 0 Å². The number of methoxy groups -OCH3 is 1. The third-order valence-corrected chi connectivity index (χ3v) is 3.86. The first kappa shape index (κ1) is 11.5. The number of aromatic nitrogens is 1. The van der Waals surface area contributed by atoms with Gasteiger partial charge in [-0.3, -0.25) is 4.79 Å². The standard InChI is InChI=1S/C11H16N2O2S/c1-7-9(10(14)12-5-6-15-2)16-11(13-7)8-3-4-8/h8H,3-6H2,1-2H3,(H,12,14). The number of amides is 1. The minimum absolute atomic E-state index is 0.0287. The molecule has 1 aliphatic carbocycles. The molecular formula is C11H16N2O2S. The number of nitrogens with zero attached hydrogens (tertiary/aromatic N) is 1. The summed E-state index contributed by atoms with van der Waals surface area (Å²) in [6, 6.07) is 0. The van der Waals surface area contributed by atoms with Gasteiger partial charge in [0.25, 0.3) is 5.91 Å². The Morgan fingerprint density at radius 3 is 3.00 bits per heavy atom. The zero-order valence-corrected chi connectivity index (χ0v) is 10.4. The van der Waals surface area contributed by atoms with Gasteiger partial charge in [0.2, 0.25) is 0 Å². The van der Waals surface area contributed by atoms with E-state index in [4.69, 9.17) is 4.74 Å². The molecule has 88 valence electrons. The monoisotopic (exact) mass is 240 g/mol. The predicted octanol–water partition coefficient (Wildman–Crippen LogP) is 1.71. The van der Waals surface area contributed by atoms with Gasteiger partial charge in [0.15, 0.2) is 0 Å². The van der Waals surface area contributed by atoms with Crippen molar-refractivity contribution in [1.29, 1.82) is 0 Å². The molecule has 0 atom stereocenters. The highest BCUT2D eigenvalue weighted by atomic mass is 32.1. The molecule has 1 saturated carbocycles. The molecule has 0 aliphatic heterocycles. The number of carbonyl (C=O) groups excluding carboxylic acids is 1. The van der Waals surface area contributed by atoms with Crippen molar-refractivity contribution in [2.24, 2.45) is 0 Å². The molecule has 4 nitrogen and oxygen atoms in total.